The molecule has 2 aliphatic rings. The molecule has 0 saturated carbocycles. The van der Waals surface area contributed by atoms with Gasteiger partial charge in [0, 0.05) is 24.0 Å². The maximum absolute atomic E-state index is 13.9. The SMILES string of the molecule is Cc1ccc(S(=O)(=O)N2CC3(O)Cc4cc(O)c(O)cc4C3c3cc(-c4ccc(F)cc4)c(O)cc32)cc1. The molecule has 0 radical (unpaired) electrons. The summed E-state index contributed by atoms with van der Waals surface area (Å²) in [5, 5.41) is 43.3. The molecule has 38 heavy (non-hydrogen) atoms. The van der Waals surface area contributed by atoms with E-state index in [0.717, 1.165) is 9.87 Å². The minimum absolute atomic E-state index is 0.0315. The molecular weight excluding hydrogens is 509 g/mol. The number of hydrogen-bond donors (Lipinski definition) is 4. The fourth-order valence-electron chi connectivity index (χ4n) is 5.67. The molecule has 1 aliphatic heterocycles. The Kier molecular flexibility index (Phi) is 5.24. The molecule has 4 aromatic rings. The van der Waals surface area contributed by atoms with Crippen molar-refractivity contribution in [2.45, 2.75) is 29.8 Å². The largest absolute Gasteiger partial charge is 0.507 e. The van der Waals surface area contributed by atoms with Gasteiger partial charge in [0.2, 0.25) is 0 Å². The summed E-state index contributed by atoms with van der Waals surface area (Å²) in [6.07, 6.45) is 0.0347. The van der Waals surface area contributed by atoms with Crippen molar-refractivity contribution >= 4 is 15.7 Å². The van der Waals surface area contributed by atoms with Gasteiger partial charge in [-0.3, -0.25) is 4.31 Å². The van der Waals surface area contributed by atoms with Crippen molar-refractivity contribution < 1.29 is 33.2 Å². The average molecular weight is 534 g/mol. The number of aromatic hydroxyl groups is 3. The first-order valence-electron chi connectivity index (χ1n) is 12.0. The molecule has 4 aromatic carbocycles. The zero-order chi connectivity index (χ0) is 27.0. The second kappa shape index (κ2) is 8.21. The van der Waals surface area contributed by atoms with Gasteiger partial charge >= 0.3 is 0 Å². The number of benzene rings is 4. The summed E-state index contributed by atoms with van der Waals surface area (Å²) in [6, 6.07) is 17.6. The number of phenolic OH excluding ortho intramolecular Hbond substituents is 3. The van der Waals surface area contributed by atoms with E-state index in [1.54, 1.807) is 18.2 Å². The molecule has 194 valence electrons. The van der Waals surface area contributed by atoms with Gasteiger partial charge in [-0.25, -0.2) is 12.8 Å². The highest BCUT2D eigenvalue weighted by Crippen LogP contribution is 2.56. The fourth-order valence-corrected chi connectivity index (χ4v) is 7.22. The van der Waals surface area contributed by atoms with E-state index in [-0.39, 0.29) is 40.8 Å². The fraction of sp³-hybridized carbons (Fsp3) is 0.172. The van der Waals surface area contributed by atoms with Gasteiger partial charge in [0.25, 0.3) is 10.0 Å². The van der Waals surface area contributed by atoms with Crippen molar-refractivity contribution in [3.63, 3.8) is 0 Å². The van der Waals surface area contributed by atoms with E-state index in [4.69, 9.17) is 0 Å². The predicted molar refractivity (Wildman–Crippen MR) is 139 cm³/mol. The number of nitrogens with zero attached hydrogens (tertiary/aromatic N) is 1. The number of anilines is 1. The van der Waals surface area contributed by atoms with E-state index in [0.29, 0.717) is 27.8 Å². The van der Waals surface area contributed by atoms with Crippen molar-refractivity contribution in [1.29, 1.82) is 0 Å². The maximum Gasteiger partial charge on any atom is 0.264 e. The van der Waals surface area contributed by atoms with Gasteiger partial charge in [0.1, 0.15) is 11.6 Å². The molecule has 7 nitrogen and oxygen atoms in total. The second-order valence-electron chi connectivity index (χ2n) is 10.0. The summed E-state index contributed by atoms with van der Waals surface area (Å²) in [5.74, 6) is -2.12. The third-order valence-corrected chi connectivity index (χ3v) is 9.26. The number of hydrogen-bond acceptors (Lipinski definition) is 6. The van der Waals surface area contributed by atoms with E-state index in [2.05, 4.69) is 0 Å². The van der Waals surface area contributed by atoms with Crippen molar-refractivity contribution in [2.75, 3.05) is 10.8 Å². The number of fused-ring (bicyclic) bond motifs is 5. The molecule has 4 N–H and O–H groups in total. The Morgan fingerprint density at radius 1 is 0.868 bits per heavy atom. The number of aryl methyl sites for hydroxylation is 1. The topological polar surface area (TPSA) is 118 Å². The Morgan fingerprint density at radius 3 is 2.21 bits per heavy atom. The summed E-state index contributed by atoms with van der Waals surface area (Å²) in [4.78, 5) is 0.0315. The molecule has 0 amide bonds. The van der Waals surface area contributed by atoms with Crippen molar-refractivity contribution in [1.82, 2.24) is 0 Å². The van der Waals surface area contributed by atoms with Crippen LogP contribution < -0.4 is 4.31 Å². The number of halogens is 1. The summed E-state index contributed by atoms with van der Waals surface area (Å²) >= 11 is 0. The third kappa shape index (κ3) is 3.61. The van der Waals surface area contributed by atoms with E-state index < -0.39 is 27.4 Å². The lowest BCUT2D eigenvalue weighted by molar-refractivity contribution is 0.0415. The maximum atomic E-state index is 13.9. The first kappa shape index (κ1) is 24.3. The van der Waals surface area contributed by atoms with Crippen LogP contribution in [0.4, 0.5) is 10.1 Å². The van der Waals surface area contributed by atoms with Crippen LogP contribution in [0.2, 0.25) is 0 Å². The van der Waals surface area contributed by atoms with E-state index in [1.807, 2.05) is 6.92 Å². The van der Waals surface area contributed by atoms with Crippen LogP contribution in [-0.2, 0) is 16.4 Å². The van der Waals surface area contributed by atoms with Gasteiger partial charge in [0.05, 0.1) is 22.7 Å². The Bertz CT molecular complexity index is 1700. The number of phenols is 3. The Labute approximate surface area is 218 Å². The molecule has 0 bridgehead atoms. The summed E-state index contributed by atoms with van der Waals surface area (Å²) in [5.41, 5.74) is 1.83. The van der Waals surface area contributed by atoms with E-state index in [9.17, 15) is 33.2 Å². The van der Waals surface area contributed by atoms with Crippen molar-refractivity contribution in [2.24, 2.45) is 0 Å². The van der Waals surface area contributed by atoms with Crippen LogP contribution in [0.3, 0.4) is 0 Å². The van der Waals surface area contributed by atoms with Gasteiger partial charge < -0.3 is 20.4 Å². The summed E-state index contributed by atoms with van der Waals surface area (Å²) in [6.45, 7) is 1.53. The zero-order valence-corrected chi connectivity index (χ0v) is 21.1. The molecule has 1 aliphatic carbocycles. The minimum Gasteiger partial charge on any atom is -0.507 e. The highest BCUT2D eigenvalue weighted by molar-refractivity contribution is 7.92. The van der Waals surface area contributed by atoms with E-state index in [1.165, 1.54) is 54.6 Å². The number of sulfonamides is 1. The molecule has 0 saturated heterocycles. The van der Waals surface area contributed by atoms with Crippen molar-refractivity contribution in [3.8, 4) is 28.4 Å². The average Bonchev–Trinajstić information content (AvgIpc) is 3.15. The number of aliphatic hydroxyl groups is 1. The Morgan fingerprint density at radius 2 is 1.53 bits per heavy atom. The summed E-state index contributed by atoms with van der Waals surface area (Å²) in [7, 11) is -4.16. The van der Waals surface area contributed by atoms with Gasteiger partial charge in [-0.05, 0) is 71.6 Å². The van der Waals surface area contributed by atoms with Crippen LogP contribution in [0.5, 0.6) is 17.2 Å². The molecule has 2 atom stereocenters. The van der Waals surface area contributed by atoms with Crippen LogP contribution in [0.1, 0.15) is 28.2 Å². The van der Waals surface area contributed by atoms with Crippen LogP contribution >= 0.6 is 0 Å². The molecular formula is C29H24FNO6S. The number of rotatable bonds is 3. The van der Waals surface area contributed by atoms with E-state index >= 15 is 0 Å². The van der Waals surface area contributed by atoms with Gasteiger partial charge in [0.15, 0.2) is 11.5 Å². The highest BCUT2D eigenvalue weighted by atomic mass is 32.2. The number of β-amino-alcohol motifs (C(OH)–C–C–N with tert-alkyl or cyclic N) is 1. The molecule has 6 rings (SSSR count). The monoisotopic (exact) mass is 533 g/mol. The molecule has 0 fully saturated rings. The van der Waals surface area contributed by atoms with Crippen LogP contribution in [-0.4, -0.2) is 41.0 Å². The third-order valence-electron chi connectivity index (χ3n) is 7.49. The quantitative estimate of drug-likeness (QED) is 0.287. The lowest BCUT2D eigenvalue weighted by atomic mass is 9.77. The summed E-state index contributed by atoms with van der Waals surface area (Å²) < 4.78 is 42.5. The molecule has 2 unspecified atom stereocenters. The zero-order valence-electron chi connectivity index (χ0n) is 20.3. The Balaban J connectivity index is 1.61. The molecule has 1 heterocycles. The molecule has 0 aromatic heterocycles. The van der Waals surface area contributed by atoms with Gasteiger partial charge in [-0.1, -0.05) is 29.8 Å². The Hall–Kier alpha value is -4.08. The van der Waals surface area contributed by atoms with Crippen LogP contribution in [0.25, 0.3) is 11.1 Å². The lowest BCUT2D eigenvalue weighted by Gasteiger charge is -2.43. The highest BCUT2D eigenvalue weighted by Gasteiger charge is 2.53. The van der Waals surface area contributed by atoms with Gasteiger partial charge in [-0.2, -0.15) is 0 Å². The lowest BCUT2D eigenvalue weighted by Crippen LogP contribution is -2.52. The normalized spacial score (nSPS) is 20.1. The first-order valence-corrected chi connectivity index (χ1v) is 13.4. The standard InChI is InChI=1S/C29H24FNO6S/c1-16-2-8-20(9-3-16)38(36,37)31-15-29(35)14-18-10-26(33)27(34)12-22(18)28(29)23-11-21(25(32)13-24(23)31)17-4-6-19(30)7-5-17/h2-13,28,32-35H,14-15H2,1H3. The van der Waals surface area contributed by atoms with Crippen molar-refractivity contribution in [3.05, 3.63) is 101 Å². The minimum atomic E-state index is -4.16. The molecule has 0 spiro atoms. The van der Waals surface area contributed by atoms with Crippen LogP contribution in [0.15, 0.2) is 77.7 Å². The first-order chi connectivity index (χ1) is 18.0. The van der Waals surface area contributed by atoms with Crippen LogP contribution in [0, 0.1) is 12.7 Å². The second-order valence-corrected chi connectivity index (χ2v) is 11.9. The smallest absolute Gasteiger partial charge is 0.264 e. The predicted octanol–water partition coefficient (Wildman–Crippen LogP) is 4.55. The molecule has 9 heteroatoms. The van der Waals surface area contributed by atoms with Gasteiger partial charge in [-0.15, -0.1) is 0 Å².